The normalized spacial score (nSPS) is 19.9. The third kappa shape index (κ3) is 5.29. The molecular weight excluding hydrogens is 327 g/mol. The molecule has 2 aromatic rings. The predicted molar refractivity (Wildman–Crippen MR) is 102 cm³/mol. The summed E-state index contributed by atoms with van der Waals surface area (Å²) in [6.45, 7) is 3.45. The minimum atomic E-state index is -0.470. The van der Waals surface area contributed by atoms with Gasteiger partial charge in [-0.1, -0.05) is 55.7 Å². The summed E-state index contributed by atoms with van der Waals surface area (Å²) in [6.07, 6.45) is 6.13. The zero-order valence-electron chi connectivity index (χ0n) is 15.0. The fourth-order valence-corrected chi connectivity index (χ4v) is 2.70. The first-order valence-electron chi connectivity index (χ1n) is 9.02. The van der Waals surface area contributed by atoms with Gasteiger partial charge in [0.2, 0.25) is 6.29 Å². The van der Waals surface area contributed by atoms with Crippen LogP contribution in [0, 0.1) is 23.6 Å². The maximum absolute atomic E-state index is 13.0. The number of hydrogen-bond acceptors (Lipinski definition) is 2. The van der Waals surface area contributed by atoms with E-state index in [1.165, 1.54) is 12.1 Å². The summed E-state index contributed by atoms with van der Waals surface area (Å²) in [4.78, 5) is 0. The van der Waals surface area contributed by atoms with Crippen LogP contribution in [0.3, 0.4) is 0 Å². The van der Waals surface area contributed by atoms with Gasteiger partial charge in [-0.05, 0) is 47.7 Å². The van der Waals surface area contributed by atoms with Crippen LogP contribution in [0.15, 0.2) is 60.7 Å². The van der Waals surface area contributed by atoms with Crippen LogP contribution < -0.4 is 0 Å². The Morgan fingerprint density at radius 1 is 1.00 bits per heavy atom. The summed E-state index contributed by atoms with van der Waals surface area (Å²) in [5.74, 6) is 6.20. The summed E-state index contributed by atoms with van der Waals surface area (Å²) >= 11 is 0. The molecule has 26 heavy (non-hydrogen) atoms. The highest BCUT2D eigenvalue weighted by Gasteiger charge is 2.18. The van der Waals surface area contributed by atoms with Crippen LogP contribution in [0.5, 0.6) is 0 Å². The molecule has 0 spiro atoms. The van der Waals surface area contributed by atoms with Gasteiger partial charge in [0.1, 0.15) is 5.82 Å². The topological polar surface area (TPSA) is 18.5 Å². The minimum Gasteiger partial charge on any atom is -0.341 e. The predicted octanol–water partition coefficient (Wildman–Crippen LogP) is 5.19. The molecule has 3 rings (SSSR count). The monoisotopic (exact) mass is 350 g/mol. The second-order valence-electron chi connectivity index (χ2n) is 6.33. The quantitative estimate of drug-likeness (QED) is 0.558. The van der Waals surface area contributed by atoms with Gasteiger partial charge in [-0.3, -0.25) is 0 Å². The van der Waals surface area contributed by atoms with Crippen LogP contribution in [-0.2, 0) is 9.47 Å². The first-order valence-corrected chi connectivity index (χ1v) is 9.02. The van der Waals surface area contributed by atoms with Crippen molar-refractivity contribution < 1.29 is 13.9 Å². The van der Waals surface area contributed by atoms with Gasteiger partial charge < -0.3 is 9.47 Å². The molecule has 1 heterocycles. The van der Waals surface area contributed by atoms with Crippen LogP contribution in [0.4, 0.5) is 4.39 Å². The lowest BCUT2D eigenvalue weighted by Crippen LogP contribution is -2.30. The van der Waals surface area contributed by atoms with Gasteiger partial charge in [-0.15, -0.1) is 0 Å². The number of hydrogen-bond donors (Lipinski definition) is 0. The molecule has 0 aliphatic carbocycles. The van der Waals surface area contributed by atoms with Gasteiger partial charge in [0.05, 0.1) is 13.2 Å². The zero-order valence-corrected chi connectivity index (χ0v) is 15.0. The number of allylic oxidation sites excluding steroid dienone is 1. The van der Waals surface area contributed by atoms with Gasteiger partial charge in [-0.2, -0.15) is 0 Å². The van der Waals surface area contributed by atoms with E-state index in [1.807, 2.05) is 24.3 Å². The fourth-order valence-electron chi connectivity index (χ4n) is 2.70. The number of rotatable bonds is 4. The SMILES string of the molecule is CCCC=CC1COC(C#Cc2ccc(-c3ccc(F)cc3)cc2)OC1. The highest BCUT2D eigenvalue weighted by molar-refractivity contribution is 5.64. The molecule has 0 aromatic heterocycles. The summed E-state index contributed by atoms with van der Waals surface area (Å²) in [7, 11) is 0. The van der Waals surface area contributed by atoms with Gasteiger partial charge >= 0.3 is 0 Å². The van der Waals surface area contributed by atoms with Crippen LogP contribution >= 0.6 is 0 Å². The molecule has 2 aromatic carbocycles. The highest BCUT2D eigenvalue weighted by atomic mass is 19.1. The molecule has 0 amide bonds. The van der Waals surface area contributed by atoms with Crippen molar-refractivity contribution in [3.63, 3.8) is 0 Å². The van der Waals surface area contributed by atoms with Crippen LogP contribution in [0.1, 0.15) is 25.3 Å². The lowest BCUT2D eigenvalue weighted by atomic mass is 10.0. The molecule has 1 saturated heterocycles. The Morgan fingerprint density at radius 2 is 1.62 bits per heavy atom. The number of ether oxygens (including phenoxy) is 2. The minimum absolute atomic E-state index is 0.230. The average Bonchev–Trinajstić information content (AvgIpc) is 2.69. The summed E-state index contributed by atoms with van der Waals surface area (Å²) in [5.41, 5.74) is 2.91. The Labute approximate surface area is 154 Å². The van der Waals surface area contributed by atoms with E-state index in [9.17, 15) is 4.39 Å². The van der Waals surface area contributed by atoms with Crippen LogP contribution in [0.25, 0.3) is 11.1 Å². The van der Waals surface area contributed by atoms with E-state index in [1.54, 1.807) is 12.1 Å². The Hall–Kier alpha value is -2.41. The molecule has 0 saturated carbocycles. The second-order valence-corrected chi connectivity index (χ2v) is 6.33. The van der Waals surface area contributed by atoms with Crippen molar-refractivity contribution in [1.29, 1.82) is 0 Å². The summed E-state index contributed by atoms with van der Waals surface area (Å²) < 4.78 is 24.3. The Morgan fingerprint density at radius 3 is 2.23 bits per heavy atom. The molecule has 1 aliphatic rings. The van der Waals surface area contributed by atoms with Gasteiger partial charge in [0.15, 0.2) is 0 Å². The molecule has 134 valence electrons. The molecule has 0 atom stereocenters. The average molecular weight is 350 g/mol. The van der Waals surface area contributed by atoms with Crippen molar-refractivity contribution in [2.24, 2.45) is 5.92 Å². The lowest BCUT2D eigenvalue weighted by molar-refractivity contribution is -0.160. The van der Waals surface area contributed by atoms with Crippen molar-refractivity contribution in [2.45, 2.75) is 26.1 Å². The van der Waals surface area contributed by atoms with Crippen molar-refractivity contribution in [1.82, 2.24) is 0 Å². The highest BCUT2D eigenvalue weighted by Crippen LogP contribution is 2.20. The maximum Gasteiger partial charge on any atom is 0.222 e. The summed E-state index contributed by atoms with van der Waals surface area (Å²) in [6, 6.07) is 14.3. The van der Waals surface area contributed by atoms with Gasteiger partial charge in [0.25, 0.3) is 0 Å². The maximum atomic E-state index is 13.0. The third-order valence-corrected chi connectivity index (χ3v) is 4.18. The van der Waals surface area contributed by atoms with E-state index >= 15 is 0 Å². The first-order chi connectivity index (χ1) is 12.7. The molecule has 2 nitrogen and oxygen atoms in total. The van der Waals surface area contributed by atoms with E-state index in [4.69, 9.17) is 9.47 Å². The van der Waals surface area contributed by atoms with Crippen molar-refractivity contribution in [3.05, 3.63) is 72.1 Å². The number of unbranched alkanes of at least 4 members (excludes halogenated alkanes) is 1. The van der Waals surface area contributed by atoms with E-state index in [-0.39, 0.29) is 5.82 Å². The van der Waals surface area contributed by atoms with Gasteiger partial charge in [0, 0.05) is 11.5 Å². The molecular formula is C23H23FO2. The van der Waals surface area contributed by atoms with E-state index < -0.39 is 6.29 Å². The second kappa shape index (κ2) is 9.33. The number of halogens is 1. The molecule has 1 aliphatic heterocycles. The van der Waals surface area contributed by atoms with Crippen molar-refractivity contribution in [3.8, 4) is 23.0 Å². The molecule has 0 bridgehead atoms. The van der Waals surface area contributed by atoms with Crippen LogP contribution in [0.2, 0.25) is 0 Å². The lowest BCUT2D eigenvalue weighted by Gasteiger charge is -2.24. The number of benzene rings is 2. The molecule has 0 N–H and O–H groups in total. The van der Waals surface area contributed by atoms with E-state index in [0.717, 1.165) is 29.5 Å². The Balaban J connectivity index is 1.55. The standard InChI is InChI=1S/C23H23FO2/c1-2-3-4-5-19-16-25-23(26-17-19)15-8-18-6-9-20(10-7-18)21-11-13-22(24)14-12-21/h4-7,9-14,19,23H,2-3,16-17H2,1H3. The molecule has 0 unspecified atom stereocenters. The Bertz CT molecular complexity index is 774. The van der Waals surface area contributed by atoms with E-state index in [2.05, 4.69) is 30.9 Å². The Kier molecular flexibility index (Phi) is 6.60. The molecule has 0 radical (unpaired) electrons. The van der Waals surface area contributed by atoms with E-state index in [0.29, 0.717) is 19.1 Å². The summed E-state index contributed by atoms with van der Waals surface area (Å²) in [5, 5.41) is 0. The van der Waals surface area contributed by atoms with Crippen molar-refractivity contribution in [2.75, 3.05) is 13.2 Å². The zero-order chi connectivity index (χ0) is 18.2. The molecule has 1 fully saturated rings. The van der Waals surface area contributed by atoms with Crippen LogP contribution in [-0.4, -0.2) is 19.5 Å². The molecule has 3 heteroatoms. The largest absolute Gasteiger partial charge is 0.341 e. The van der Waals surface area contributed by atoms with Gasteiger partial charge in [-0.25, -0.2) is 4.39 Å². The smallest absolute Gasteiger partial charge is 0.222 e. The third-order valence-electron chi connectivity index (χ3n) is 4.18. The van der Waals surface area contributed by atoms with Crippen molar-refractivity contribution >= 4 is 0 Å². The first kappa shape index (κ1) is 18.4. The fraction of sp³-hybridized carbons (Fsp3) is 0.304.